The van der Waals surface area contributed by atoms with E-state index in [2.05, 4.69) is 27.7 Å². The van der Waals surface area contributed by atoms with Crippen LogP contribution in [0.1, 0.15) is 137 Å². The first-order chi connectivity index (χ1) is 12.6. The molecule has 0 aromatic heterocycles. The van der Waals surface area contributed by atoms with Gasteiger partial charge in [0.05, 0.1) is 5.41 Å². The van der Waals surface area contributed by atoms with Gasteiger partial charge in [0.2, 0.25) is 5.91 Å². The van der Waals surface area contributed by atoms with Crippen molar-refractivity contribution in [2.24, 2.45) is 17.1 Å². The lowest BCUT2D eigenvalue weighted by molar-refractivity contribution is -0.132. The molecule has 0 spiro atoms. The standard InChI is InChI=1S/C24H49NO/c1-5-9-11-13-15-17-20-22(19-7-3)24(8-4,23(25)26)21-18-16-14-12-10-6-2/h22H,5-21H2,1-4H3,(H2,25,26). The maximum Gasteiger partial charge on any atom is 0.223 e. The van der Waals surface area contributed by atoms with Crippen molar-refractivity contribution in [1.29, 1.82) is 0 Å². The summed E-state index contributed by atoms with van der Waals surface area (Å²) in [6.45, 7) is 8.96. The minimum Gasteiger partial charge on any atom is -0.369 e. The summed E-state index contributed by atoms with van der Waals surface area (Å²) in [5.74, 6) is 0.454. The van der Waals surface area contributed by atoms with Gasteiger partial charge in [0, 0.05) is 0 Å². The highest BCUT2D eigenvalue weighted by molar-refractivity contribution is 5.81. The molecule has 0 fully saturated rings. The van der Waals surface area contributed by atoms with Crippen LogP contribution < -0.4 is 5.73 Å². The van der Waals surface area contributed by atoms with E-state index in [1.165, 1.54) is 77.0 Å². The predicted octanol–water partition coefficient (Wildman–Crippen LogP) is 7.79. The Morgan fingerprint density at radius 2 is 1.19 bits per heavy atom. The summed E-state index contributed by atoms with van der Waals surface area (Å²) < 4.78 is 0. The Morgan fingerprint density at radius 3 is 1.65 bits per heavy atom. The molecular formula is C24H49NO. The summed E-state index contributed by atoms with van der Waals surface area (Å²) in [5.41, 5.74) is 5.75. The summed E-state index contributed by atoms with van der Waals surface area (Å²) in [6.07, 6.45) is 21.1. The van der Waals surface area contributed by atoms with Gasteiger partial charge in [0.15, 0.2) is 0 Å². The van der Waals surface area contributed by atoms with Crippen molar-refractivity contribution in [2.45, 2.75) is 137 Å². The SMILES string of the molecule is CCCCCCCCC(CCC)C(CC)(CCCCCCCC)C(N)=O. The molecule has 2 heteroatoms. The highest BCUT2D eigenvalue weighted by atomic mass is 16.1. The Bertz CT molecular complexity index is 328. The van der Waals surface area contributed by atoms with Gasteiger partial charge in [-0.3, -0.25) is 4.79 Å². The quantitative estimate of drug-likeness (QED) is 0.233. The summed E-state index contributed by atoms with van der Waals surface area (Å²) in [4.78, 5) is 12.5. The normalized spacial score (nSPS) is 14.9. The van der Waals surface area contributed by atoms with Crippen molar-refractivity contribution in [3.63, 3.8) is 0 Å². The first-order valence-corrected chi connectivity index (χ1v) is 11.9. The van der Waals surface area contributed by atoms with Crippen LogP contribution in [0.4, 0.5) is 0 Å². The van der Waals surface area contributed by atoms with Crippen LogP contribution >= 0.6 is 0 Å². The van der Waals surface area contributed by atoms with Crippen molar-refractivity contribution in [3.8, 4) is 0 Å². The lowest BCUT2D eigenvalue weighted by atomic mass is 9.66. The highest BCUT2D eigenvalue weighted by Crippen LogP contribution is 2.42. The summed E-state index contributed by atoms with van der Waals surface area (Å²) in [7, 11) is 0. The van der Waals surface area contributed by atoms with E-state index in [1.54, 1.807) is 0 Å². The smallest absolute Gasteiger partial charge is 0.223 e. The fourth-order valence-corrected chi connectivity index (χ4v) is 4.61. The zero-order valence-electron chi connectivity index (χ0n) is 18.6. The van der Waals surface area contributed by atoms with E-state index in [0.717, 1.165) is 32.1 Å². The predicted molar refractivity (Wildman–Crippen MR) is 116 cm³/mol. The molecule has 26 heavy (non-hydrogen) atoms. The Morgan fingerprint density at radius 1 is 0.692 bits per heavy atom. The molecule has 0 radical (unpaired) electrons. The molecule has 156 valence electrons. The largest absolute Gasteiger partial charge is 0.369 e. The maximum absolute atomic E-state index is 12.5. The third-order valence-electron chi connectivity index (χ3n) is 6.42. The minimum atomic E-state index is -0.260. The van der Waals surface area contributed by atoms with Gasteiger partial charge >= 0.3 is 0 Å². The number of primary amides is 1. The van der Waals surface area contributed by atoms with Crippen molar-refractivity contribution in [2.75, 3.05) is 0 Å². The fraction of sp³-hybridized carbons (Fsp3) is 0.958. The second kappa shape index (κ2) is 16.6. The van der Waals surface area contributed by atoms with Gasteiger partial charge in [-0.25, -0.2) is 0 Å². The van der Waals surface area contributed by atoms with Crippen molar-refractivity contribution in [1.82, 2.24) is 0 Å². The van der Waals surface area contributed by atoms with E-state index in [-0.39, 0.29) is 11.3 Å². The van der Waals surface area contributed by atoms with Gasteiger partial charge in [-0.2, -0.15) is 0 Å². The molecular weight excluding hydrogens is 318 g/mol. The number of rotatable bonds is 19. The Hall–Kier alpha value is -0.530. The molecule has 0 rings (SSSR count). The fourth-order valence-electron chi connectivity index (χ4n) is 4.61. The zero-order chi connectivity index (χ0) is 19.7. The lowest BCUT2D eigenvalue weighted by Crippen LogP contribution is -2.43. The van der Waals surface area contributed by atoms with Gasteiger partial charge < -0.3 is 5.73 Å². The number of carbonyl (C=O) groups is 1. The molecule has 2 nitrogen and oxygen atoms in total. The third-order valence-corrected chi connectivity index (χ3v) is 6.42. The molecule has 1 amide bonds. The minimum absolute atomic E-state index is 0.0296. The van der Waals surface area contributed by atoms with E-state index in [4.69, 9.17) is 5.73 Å². The van der Waals surface area contributed by atoms with Crippen LogP contribution in [0, 0.1) is 11.3 Å². The molecule has 0 aromatic rings. The van der Waals surface area contributed by atoms with Gasteiger partial charge in [-0.1, -0.05) is 111 Å². The van der Waals surface area contributed by atoms with Gasteiger partial charge in [-0.15, -0.1) is 0 Å². The van der Waals surface area contributed by atoms with Crippen molar-refractivity contribution >= 4 is 5.91 Å². The molecule has 0 heterocycles. The average molecular weight is 368 g/mol. The summed E-state index contributed by atoms with van der Waals surface area (Å²) in [6, 6.07) is 0. The van der Waals surface area contributed by atoms with Gasteiger partial charge in [0.25, 0.3) is 0 Å². The van der Waals surface area contributed by atoms with E-state index in [9.17, 15) is 4.79 Å². The van der Waals surface area contributed by atoms with Crippen LogP contribution in [0.3, 0.4) is 0 Å². The van der Waals surface area contributed by atoms with E-state index in [1.807, 2.05) is 0 Å². The van der Waals surface area contributed by atoms with E-state index >= 15 is 0 Å². The Kier molecular flexibility index (Phi) is 16.3. The van der Waals surface area contributed by atoms with Crippen LogP contribution in [0.5, 0.6) is 0 Å². The molecule has 0 saturated heterocycles. The van der Waals surface area contributed by atoms with Crippen molar-refractivity contribution < 1.29 is 4.79 Å². The molecule has 0 aliphatic rings. The highest BCUT2D eigenvalue weighted by Gasteiger charge is 2.41. The summed E-state index contributed by atoms with van der Waals surface area (Å²) >= 11 is 0. The summed E-state index contributed by atoms with van der Waals surface area (Å²) in [5, 5.41) is 0. The van der Waals surface area contributed by atoms with Crippen LogP contribution in [0.2, 0.25) is 0 Å². The van der Waals surface area contributed by atoms with E-state index in [0.29, 0.717) is 5.92 Å². The van der Waals surface area contributed by atoms with Crippen LogP contribution in [0.15, 0.2) is 0 Å². The number of nitrogens with two attached hydrogens (primary N) is 1. The number of hydrogen-bond donors (Lipinski definition) is 1. The lowest BCUT2D eigenvalue weighted by Gasteiger charge is -2.38. The molecule has 2 unspecified atom stereocenters. The first-order valence-electron chi connectivity index (χ1n) is 11.9. The van der Waals surface area contributed by atoms with Crippen LogP contribution in [0.25, 0.3) is 0 Å². The molecule has 2 atom stereocenters. The zero-order valence-corrected chi connectivity index (χ0v) is 18.6. The Balaban J connectivity index is 4.63. The second-order valence-electron chi connectivity index (χ2n) is 8.43. The second-order valence-corrected chi connectivity index (χ2v) is 8.43. The third kappa shape index (κ3) is 9.97. The molecule has 0 aliphatic heterocycles. The molecule has 0 aromatic carbocycles. The Labute approximate surface area is 165 Å². The first kappa shape index (κ1) is 25.5. The molecule has 2 N–H and O–H groups in total. The number of unbranched alkanes of at least 4 members (excludes halogenated alkanes) is 10. The monoisotopic (exact) mass is 367 g/mol. The number of hydrogen-bond acceptors (Lipinski definition) is 1. The number of carbonyl (C=O) groups excluding carboxylic acids is 1. The van der Waals surface area contributed by atoms with Crippen LogP contribution in [-0.2, 0) is 4.79 Å². The average Bonchev–Trinajstić information content (AvgIpc) is 2.63. The maximum atomic E-state index is 12.5. The van der Waals surface area contributed by atoms with Gasteiger partial charge in [0.1, 0.15) is 0 Å². The number of amides is 1. The van der Waals surface area contributed by atoms with Crippen molar-refractivity contribution in [3.05, 3.63) is 0 Å². The van der Waals surface area contributed by atoms with Crippen LogP contribution in [-0.4, -0.2) is 5.91 Å². The topological polar surface area (TPSA) is 43.1 Å². The van der Waals surface area contributed by atoms with E-state index < -0.39 is 0 Å². The van der Waals surface area contributed by atoms with Gasteiger partial charge in [-0.05, 0) is 31.6 Å². The molecule has 0 aliphatic carbocycles. The molecule has 0 bridgehead atoms. The molecule has 0 saturated carbocycles.